The molecule has 0 spiro atoms. The molecule has 0 fully saturated rings. The van der Waals surface area contributed by atoms with Gasteiger partial charge in [-0.05, 0) is 36.8 Å². The first-order valence-electron chi connectivity index (χ1n) is 3.95. The van der Waals surface area contributed by atoms with Gasteiger partial charge in [0.1, 0.15) is 0 Å². The van der Waals surface area contributed by atoms with Crippen LogP contribution in [0, 0.1) is 13.8 Å². The van der Waals surface area contributed by atoms with E-state index in [9.17, 15) is 0 Å². The van der Waals surface area contributed by atoms with Gasteiger partial charge in [-0.2, -0.15) is 0 Å². The topological polar surface area (TPSA) is 0 Å². The molecule has 12 heavy (non-hydrogen) atoms. The number of hydrogen-bond acceptors (Lipinski definition) is 1. The Morgan fingerprint density at radius 1 is 1.25 bits per heavy atom. The second-order valence-corrected chi connectivity index (χ2v) is 3.83. The predicted molar refractivity (Wildman–Crippen MR) is 58.5 cm³/mol. The Morgan fingerprint density at radius 3 is 2.42 bits per heavy atom. The highest BCUT2D eigenvalue weighted by Gasteiger charge is 1.98. The second-order valence-electron chi connectivity index (χ2n) is 2.93. The van der Waals surface area contributed by atoms with E-state index in [2.05, 4.69) is 44.9 Å². The van der Waals surface area contributed by atoms with E-state index in [0.717, 1.165) is 4.91 Å². The van der Waals surface area contributed by atoms with Crippen molar-refractivity contribution in [2.24, 2.45) is 0 Å². The van der Waals surface area contributed by atoms with Gasteiger partial charge in [-0.3, -0.25) is 0 Å². The second kappa shape index (κ2) is 3.81. The van der Waals surface area contributed by atoms with Crippen molar-refractivity contribution in [2.45, 2.75) is 13.8 Å². The zero-order valence-corrected chi connectivity index (χ0v) is 8.66. The van der Waals surface area contributed by atoms with Crippen LogP contribution in [-0.2, 0) is 0 Å². The van der Waals surface area contributed by atoms with Crippen LogP contribution in [0.15, 0.2) is 24.8 Å². The van der Waals surface area contributed by atoms with E-state index < -0.39 is 0 Å². The predicted octanol–water partition coefficient (Wildman–Crippen LogP) is 3.64. The summed E-state index contributed by atoms with van der Waals surface area (Å²) in [5, 5.41) is 0. The third kappa shape index (κ3) is 1.92. The molecule has 0 nitrogen and oxygen atoms in total. The van der Waals surface area contributed by atoms with Crippen molar-refractivity contribution in [3.63, 3.8) is 0 Å². The number of aryl methyl sites for hydroxylation is 2. The maximum atomic E-state index is 3.98. The fourth-order valence-electron chi connectivity index (χ4n) is 1.03. The molecule has 0 saturated carbocycles. The van der Waals surface area contributed by atoms with Crippen LogP contribution in [-0.4, -0.2) is 6.26 Å². The Morgan fingerprint density at radius 2 is 1.92 bits per heavy atom. The minimum Gasteiger partial charge on any atom is -0.130 e. The first kappa shape index (κ1) is 9.40. The average molecular weight is 178 g/mol. The number of thioether (sulfide) groups is 1. The van der Waals surface area contributed by atoms with Gasteiger partial charge >= 0.3 is 0 Å². The summed E-state index contributed by atoms with van der Waals surface area (Å²) in [5.74, 6) is 0. The van der Waals surface area contributed by atoms with Gasteiger partial charge in [0.2, 0.25) is 0 Å². The van der Waals surface area contributed by atoms with Crippen LogP contribution in [0.5, 0.6) is 0 Å². The molecule has 0 radical (unpaired) electrons. The molecule has 0 aliphatic carbocycles. The average Bonchev–Trinajstić information content (AvgIpc) is 2.08. The molecule has 1 aromatic rings. The molecule has 0 saturated heterocycles. The highest BCUT2D eigenvalue weighted by Crippen LogP contribution is 2.24. The fourth-order valence-corrected chi connectivity index (χ4v) is 1.40. The van der Waals surface area contributed by atoms with Crippen molar-refractivity contribution < 1.29 is 0 Å². The summed E-state index contributed by atoms with van der Waals surface area (Å²) in [6.07, 6.45) is 2.05. The van der Waals surface area contributed by atoms with Gasteiger partial charge in [0, 0.05) is 4.91 Å². The first-order chi connectivity index (χ1) is 5.65. The van der Waals surface area contributed by atoms with E-state index in [-0.39, 0.29) is 0 Å². The van der Waals surface area contributed by atoms with Crippen molar-refractivity contribution in [3.8, 4) is 0 Å². The zero-order chi connectivity index (χ0) is 9.14. The summed E-state index contributed by atoms with van der Waals surface area (Å²) in [4.78, 5) is 1.14. The van der Waals surface area contributed by atoms with E-state index in [1.807, 2.05) is 0 Å². The highest BCUT2D eigenvalue weighted by molar-refractivity contribution is 8.07. The van der Waals surface area contributed by atoms with Crippen molar-refractivity contribution in [2.75, 3.05) is 6.26 Å². The maximum Gasteiger partial charge on any atom is 0.00698 e. The Kier molecular flexibility index (Phi) is 2.99. The van der Waals surface area contributed by atoms with Gasteiger partial charge in [0.25, 0.3) is 0 Å². The molecule has 0 bridgehead atoms. The van der Waals surface area contributed by atoms with E-state index >= 15 is 0 Å². The van der Waals surface area contributed by atoms with Crippen LogP contribution in [0.4, 0.5) is 0 Å². The first-order valence-corrected chi connectivity index (χ1v) is 5.18. The van der Waals surface area contributed by atoms with Crippen molar-refractivity contribution in [1.82, 2.24) is 0 Å². The summed E-state index contributed by atoms with van der Waals surface area (Å²) < 4.78 is 0. The molecule has 1 aromatic carbocycles. The molecule has 0 atom stereocenters. The SMILES string of the molecule is C=C(SC)c1ccc(C)c(C)c1. The zero-order valence-electron chi connectivity index (χ0n) is 7.85. The molecule has 0 unspecified atom stereocenters. The van der Waals surface area contributed by atoms with Gasteiger partial charge < -0.3 is 0 Å². The molecule has 0 amide bonds. The lowest BCUT2D eigenvalue weighted by Gasteiger charge is -2.05. The Labute approximate surface area is 78.7 Å². The number of hydrogen-bond donors (Lipinski definition) is 0. The van der Waals surface area contributed by atoms with Gasteiger partial charge in [-0.1, -0.05) is 24.8 Å². The summed E-state index contributed by atoms with van der Waals surface area (Å²) in [7, 11) is 0. The molecular weight excluding hydrogens is 164 g/mol. The lowest BCUT2D eigenvalue weighted by atomic mass is 10.1. The van der Waals surface area contributed by atoms with E-state index in [0.29, 0.717) is 0 Å². The van der Waals surface area contributed by atoms with Gasteiger partial charge in [-0.15, -0.1) is 11.8 Å². The highest BCUT2D eigenvalue weighted by atomic mass is 32.2. The van der Waals surface area contributed by atoms with E-state index in [1.165, 1.54) is 16.7 Å². The Balaban J connectivity index is 3.05. The molecule has 0 aliphatic rings. The maximum absolute atomic E-state index is 3.98. The fraction of sp³-hybridized carbons (Fsp3) is 0.273. The lowest BCUT2D eigenvalue weighted by molar-refractivity contribution is 1.33. The summed E-state index contributed by atoms with van der Waals surface area (Å²) in [6, 6.07) is 6.46. The molecule has 0 heterocycles. The molecule has 0 aliphatic heterocycles. The summed E-state index contributed by atoms with van der Waals surface area (Å²) in [6.45, 7) is 8.23. The third-order valence-corrected chi connectivity index (χ3v) is 2.80. The summed E-state index contributed by atoms with van der Waals surface area (Å²) >= 11 is 1.70. The van der Waals surface area contributed by atoms with Crippen LogP contribution in [0.3, 0.4) is 0 Å². The van der Waals surface area contributed by atoms with Crippen LogP contribution in [0.2, 0.25) is 0 Å². The normalized spacial score (nSPS) is 9.92. The van der Waals surface area contributed by atoms with E-state index in [1.54, 1.807) is 11.8 Å². The van der Waals surface area contributed by atoms with E-state index in [4.69, 9.17) is 0 Å². The van der Waals surface area contributed by atoms with Crippen LogP contribution >= 0.6 is 11.8 Å². The smallest absolute Gasteiger partial charge is 0.00698 e. The number of rotatable bonds is 2. The van der Waals surface area contributed by atoms with Crippen LogP contribution < -0.4 is 0 Å². The lowest BCUT2D eigenvalue weighted by Crippen LogP contribution is -1.83. The van der Waals surface area contributed by atoms with Crippen LogP contribution in [0.1, 0.15) is 16.7 Å². The monoisotopic (exact) mass is 178 g/mol. The quantitative estimate of drug-likeness (QED) is 0.666. The minimum atomic E-state index is 1.14. The third-order valence-electron chi connectivity index (χ3n) is 2.08. The molecule has 0 N–H and O–H groups in total. The van der Waals surface area contributed by atoms with Gasteiger partial charge in [0.05, 0.1) is 0 Å². The molecular formula is C11H14S. The van der Waals surface area contributed by atoms with Crippen molar-refractivity contribution in [3.05, 3.63) is 41.5 Å². The van der Waals surface area contributed by atoms with Crippen molar-refractivity contribution >= 4 is 16.7 Å². The minimum absolute atomic E-state index is 1.14. The summed E-state index contributed by atoms with van der Waals surface area (Å²) in [5.41, 5.74) is 3.92. The van der Waals surface area contributed by atoms with Crippen LogP contribution in [0.25, 0.3) is 4.91 Å². The Hall–Kier alpha value is -0.690. The standard InChI is InChI=1S/C11H14S/c1-8-5-6-11(7-9(8)2)10(3)12-4/h5-7H,3H2,1-2,4H3. The number of benzene rings is 1. The Bertz CT molecular complexity index is 300. The molecule has 1 heteroatoms. The van der Waals surface area contributed by atoms with Gasteiger partial charge in [0.15, 0.2) is 0 Å². The van der Waals surface area contributed by atoms with Gasteiger partial charge in [-0.25, -0.2) is 0 Å². The molecule has 64 valence electrons. The molecule has 0 aromatic heterocycles. The molecule has 1 rings (SSSR count). The van der Waals surface area contributed by atoms with Crippen molar-refractivity contribution in [1.29, 1.82) is 0 Å². The largest absolute Gasteiger partial charge is 0.130 e.